The van der Waals surface area contributed by atoms with Gasteiger partial charge in [0.05, 0.1) is 5.69 Å². The first-order valence-electron chi connectivity index (χ1n) is 8.34. The van der Waals surface area contributed by atoms with E-state index in [2.05, 4.69) is 17.1 Å². The zero-order chi connectivity index (χ0) is 13.5. The van der Waals surface area contributed by atoms with Crippen LogP contribution in [0.3, 0.4) is 0 Å². The average Bonchev–Trinajstić information content (AvgIpc) is 3.18. The summed E-state index contributed by atoms with van der Waals surface area (Å²) >= 11 is 1.98. The topological polar surface area (TPSA) is 28.2 Å². The molecule has 1 saturated carbocycles. The number of aryl methyl sites for hydroxylation is 1. The molecule has 3 atom stereocenters. The van der Waals surface area contributed by atoms with Gasteiger partial charge >= 0.3 is 0 Å². The highest BCUT2D eigenvalue weighted by atomic mass is 32.1. The Morgan fingerprint density at radius 2 is 2.30 bits per heavy atom. The van der Waals surface area contributed by atoms with Gasteiger partial charge in [-0.1, -0.05) is 18.3 Å². The van der Waals surface area contributed by atoms with Crippen LogP contribution >= 0.6 is 11.3 Å². The Morgan fingerprint density at radius 3 is 3.05 bits per heavy atom. The van der Waals surface area contributed by atoms with E-state index in [-0.39, 0.29) is 0 Å². The summed E-state index contributed by atoms with van der Waals surface area (Å²) in [6.45, 7) is 4.64. The summed E-state index contributed by atoms with van der Waals surface area (Å²) in [5.74, 6) is 0.954. The van der Waals surface area contributed by atoms with Crippen LogP contribution in [0.1, 0.15) is 62.1 Å². The fourth-order valence-corrected chi connectivity index (χ4v) is 5.50. The molecule has 2 heterocycles. The lowest BCUT2D eigenvalue weighted by molar-refractivity contribution is 0.464. The Bertz CT molecular complexity index is 484. The first kappa shape index (κ1) is 13.1. The third-order valence-corrected chi connectivity index (χ3v) is 6.48. The van der Waals surface area contributed by atoms with Gasteiger partial charge in [-0.15, -0.1) is 0 Å². The lowest BCUT2D eigenvalue weighted by Crippen LogP contribution is -2.31. The quantitative estimate of drug-likeness (QED) is 0.920. The summed E-state index contributed by atoms with van der Waals surface area (Å²) in [5, 5.41) is 5.04. The van der Waals surface area contributed by atoms with E-state index in [1.54, 1.807) is 4.88 Å². The van der Waals surface area contributed by atoms with E-state index in [1.165, 1.54) is 62.3 Å². The predicted octanol–water partition coefficient (Wildman–Crippen LogP) is 3.51. The number of thiazole rings is 1. The number of rotatable bonds is 4. The third kappa shape index (κ3) is 2.17. The first-order valence-corrected chi connectivity index (χ1v) is 9.16. The van der Waals surface area contributed by atoms with Crippen LogP contribution in [0.25, 0.3) is 0 Å². The molecular formula is C16H25N3S. The molecule has 0 aromatic carbocycles. The number of fused-ring (bicyclic) bond motifs is 3. The van der Waals surface area contributed by atoms with E-state index in [4.69, 9.17) is 4.98 Å². The van der Waals surface area contributed by atoms with Gasteiger partial charge < -0.3 is 10.2 Å². The van der Waals surface area contributed by atoms with Gasteiger partial charge in [0.1, 0.15) is 0 Å². The Hall–Kier alpha value is -0.610. The molecule has 1 aromatic rings. The molecule has 2 bridgehead atoms. The van der Waals surface area contributed by atoms with E-state index in [0.29, 0.717) is 6.04 Å². The van der Waals surface area contributed by atoms with Crippen molar-refractivity contribution >= 4 is 16.5 Å². The summed E-state index contributed by atoms with van der Waals surface area (Å²) < 4.78 is 0. The fourth-order valence-electron chi connectivity index (χ4n) is 4.20. The molecule has 0 spiro atoms. The average molecular weight is 291 g/mol. The maximum atomic E-state index is 5.01. The van der Waals surface area contributed by atoms with Gasteiger partial charge in [-0.05, 0) is 57.4 Å². The molecule has 0 radical (unpaired) electrons. The van der Waals surface area contributed by atoms with Crippen LogP contribution < -0.4 is 10.2 Å². The zero-order valence-corrected chi connectivity index (χ0v) is 13.2. The number of aromatic nitrogens is 1. The highest BCUT2D eigenvalue weighted by Gasteiger charge is 2.39. The van der Waals surface area contributed by atoms with E-state index >= 15 is 0 Å². The second-order valence-electron chi connectivity index (χ2n) is 6.69. The van der Waals surface area contributed by atoms with Crippen molar-refractivity contribution in [2.75, 3.05) is 18.0 Å². The summed E-state index contributed by atoms with van der Waals surface area (Å²) in [6, 6.07) is 1.37. The van der Waals surface area contributed by atoms with Crippen molar-refractivity contribution in [1.29, 1.82) is 0 Å². The van der Waals surface area contributed by atoms with Gasteiger partial charge in [-0.3, -0.25) is 0 Å². The van der Waals surface area contributed by atoms with E-state index in [0.717, 1.165) is 18.5 Å². The lowest BCUT2D eigenvalue weighted by Gasteiger charge is -2.26. The van der Waals surface area contributed by atoms with Crippen LogP contribution in [0.15, 0.2) is 0 Å². The summed E-state index contributed by atoms with van der Waals surface area (Å²) in [7, 11) is 0. The van der Waals surface area contributed by atoms with Crippen LogP contribution in [0.5, 0.6) is 0 Å². The second-order valence-corrected chi connectivity index (χ2v) is 7.70. The molecule has 1 aliphatic heterocycles. The van der Waals surface area contributed by atoms with Crippen LogP contribution in [0.2, 0.25) is 0 Å². The molecule has 4 heteroatoms. The number of hydrogen-bond donors (Lipinski definition) is 1. The Balaban J connectivity index is 1.56. The Morgan fingerprint density at radius 1 is 1.35 bits per heavy atom. The molecule has 2 aliphatic carbocycles. The molecule has 2 fully saturated rings. The van der Waals surface area contributed by atoms with Crippen molar-refractivity contribution in [2.24, 2.45) is 5.92 Å². The largest absolute Gasteiger partial charge is 0.345 e. The molecule has 3 unspecified atom stereocenters. The van der Waals surface area contributed by atoms with Crippen molar-refractivity contribution in [3.8, 4) is 0 Å². The maximum absolute atomic E-state index is 5.01. The van der Waals surface area contributed by atoms with Gasteiger partial charge in [0, 0.05) is 23.5 Å². The molecular weight excluding hydrogens is 266 g/mol. The maximum Gasteiger partial charge on any atom is 0.186 e. The molecule has 4 rings (SSSR count). The normalized spacial score (nSPS) is 31.9. The minimum atomic E-state index is 0.574. The molecule has 20 heavy (non-hydrogen) atoms. The smallest absolute Gasteiger partial charge is 0.186 e. The fraction of sp³-hybridized carbons (Fsp3) is 0.812. The molecule has 0 amide bonds. The molecule has 1 aromatic heterocycles. The summed E-state index contributed by atoms with van der Waals surface area (Å²) in [4.78, 5) is 9.18. The minimum absolute atomic E-state index is 0.574. The Kier molecular flexibility index (Phi) is 3.47. The van der Waals surface area contributed by atoms with Crippen molar-refractivity contribution in [3.63, 3.8) is 0 Å². The van der Waals surface area contributed by atoms with Crippen LogP contribution in [0.4, 0.5) is 5.13 Å². The van der Waals surface area contributed by atoms with Crippen LogP contribution in [-0.2, 0) is 6.42 Å². The SMILES string of the molecule is CCCNC1CCCc2nc(N3CC4CCC3C4)sc21. The van der Waals surface area contributed by atoms with E-state index in [1.807, 2.05) is 11.3 Å². The highest BCUT2D eigenvalue weighted by molar-refractivity contribution is 7.15. The molecule has 3 aliphatic rings. The van der Waals surface area contributed by atoms with E-state index < -0.39 is 0 Å². The van der Waals surface area contributed by atoms with Gasteiger partial charge in [-0.25, -0.2) is 4.98 Å². The Labute approximate surface area is 125 Å². The number of hydrogen-bond acceptors (Lipinski definition) is 4. The van der Waals surface area contributed by atoms with Gasteiger partial charge in [0.25, 0.3) is 0 Å². The first-order chi connectivity index (χ1) is 9.85. The zero-order valence-electron chi connectivity index (χ0n) is 12.4. The van der Waals surface area contributed by atoms with Gasteiger partial charge in [-0.2, -0.15) is 0 Å². The summed E-state index contributed by atoms with van der Waals surface area (Å²) in [5.41, 5.74) is 1.40. The second kappa shape index (κ2) is 5.30. The van der Waals surface area contributed by atoms with Gasteiger partial charge in [0.15, 0.2) is 5.13 Å². The number of nitrogens with one attached hydrogen (secondary N) is 1. The molecule has 3 nitrogen and oxygen atoms in total. The number of nitrogens with zero attached hydrogens (tertiary/aromatic N) is 2. The lowest BCUT2D eigenvalue weighted by atomic mass is 9.98. The van der Waals surface area contributed by atoms with Crippen LogP contribution in [-0.4, -0.2) is 24.1 Å². The molecule has 1 saturated heterocycles. The monoisotopic (exact) mass is 291 g/mol. The third-order valence-electron chi connectivity index (χ3n) is 5.23. The van der Waals surface area contributed by atoms with Gasteiger partial charge in [0.2, 0.25) is 0 Å². The number of piperidine rings is 1. The van der Waals surface area contributed by atoms with Crippen molar-refractivity contribution in [1.82, 2.24) is 10.3 Å². The minimum Gasteiger partial charge on any atom is -0.345 e. The number of anilines is 1. The summed E-state index contributed by atoms with van der Waals surface area (Å²) in [6.07, 6.45) is 9.26. The highest BCUT2D eigenvalue weighted by Crippen LogP contribution is 2.44. The van der Waals surface area contributed by atoms with Crippen LogP contribution in [0, 0.1) is 5.92 Å². The van der Waals surface area contributed by atoms with Crippen molar-refractivity contribution in [3.05, 3.63) is 10.6 Å². The van der Waals surface area contributed by atoms with Crippen molar-refractivity contribution < 1.29 is 0 Å². The molecule has 1 N–H and O–H groups in total. The molecule has 110 valence electrons. The standard InChI is InChI=1S/C16H25N3S/c1-2-8-17-13-4-3-5-14-15(13)20-16(18-14)19-10-11-6-7-12(19)9-11/h11-13,17H,2-10H2,1H3. The van der Waals surface area contributed by atoms with E-state index in [9.17, 15) is 0 Å². The van der Waals surface area contributed by atoms with Crippen molar-refractivity contribution in [2.45, 2.75) is 64.0 Å². The predicted molar refractivity (Wildman–Crippen MR) is 84.6 cm³/mol.